The number of nitrogens with zero attached hydrogens (tertiary/aromatic N) is 7. The Morgan fingerprint density at radius 3 is 2.44 bits per heavy atom. The topological polar surface area (TPSA) is 79.6 Å². The summed E-state index contributed by atoms with van der Waals surface area (Å²) >= 11 is 0. The van der Waals surface area contributed by atoms with E-state index in [9.17, 15) is 4.79 Å². The molecular formula is C23H27N7O2. The van der Waals surface area contributed by atoms with Crippen LogP contribution in [0.25, 0.3) is 11.3 Å². The Labute approximate surface area is 187 Å². The summed E-state index contributed by atoms with van der Waals surface area (Å²) < 4.78 is 7.10. The van der Waals surface area contributed by atoms with E-state index in [1.54, 1.807) is 4.68 Å². The molecule has 0 saturated carbocycles. The third-order valence-corrected chi connectivity index (χ3v) is 5.98. The van der Waals surface area contributed by atoms with Crippen molar-refractivity contribution in [2.24, 2.45) is 7.05 Å². The molecule has 0 aliphatic carbocycles. The van der Waals surface area contributed by atoms with Crippen LogP contribution in [-0.2, 0) is 11.8 Å². The molecule has 32 heavy (non-hydrogen) atoms. The lowest BCUT2D eigenvalue weighted by Crippen LogP contribution is -2.49. The Bertz CT molecular complexity index is 1070. The van der Waals surface area contributed by atoms with E-state index < -0.39 is 0 Å². The predicted octanol–water partition coefficient (Wildman–Crippen LogP) is 1.68. The van der Waals surface area contributed by atoms with Crippen LogP contribution in [0, 0.1) is 0 Å². The van der Waals surface area contributed by atoms with E-state index in [0.717, 1.165) is 49.2 Å². The quantitative estimate of drug-likeness (QED) is 0.619. The second-order valence-electron chi connectivity index (χ2n) is 8.00. The van der Waals surface area contributed by atoms with Crippen LogP contribution in [0.15, 0.2) is 48.7 Å². The van der Waals surface area contributed by atoms with E-state index in [1.165, 1.54) is 0 Å². The molecule has 0 unspecified atom stereocenters. The number of hydrogen-bond acceptors (Lipinski definition) is 7. The van der Waals surface area contributed by atoms with E-state index >= 15 is 0 Å². The highest BCUT2D eigenvalue weighted by Crippen LogP contribution is 2.21. The number of aryl methyl sites for hydroxylation is 1. The third-order valence-electron chi connectivity index (χ3n) is 5.98. The molecular weight excluding hydrogens is 406 g/mol. The molecule has 3 aromatic rings. The molecule has 166 valence electrons. The zero-order valence-electron chi connectivity index (χ0n) is 18.2. The van der Waals surface area contributed by atoms with Gasteiger partial charge in [-0.3, -0.25) is 9.48 Å². The van der Waals surface area contributed by atoms with Crippen LogP contribution in [0.1, 0.15) is 10.5 Å². The molecule has 0 spiro atoms. The lowest BCUT2D eigenvalue weighted by molar-refractivity contribution is 0.0735. The Hall–Kier alpha value is -3.46. The van der Waals surface area contributed by atoms with Crippen molar-refractivity contribution in [2.75, 3.05) is 62.3 Å². The number of carbonyl (C=O) groups is 1. The van der Waals surface area contributed by atoms with Crippen LogP contribution in [0.5, 0.6) is 0 Å². The number of hydrogen-bond donors (Lipinski definition) is 0. The van der Waals surface area contributed by atoms with Crippen LogP contribution in [0.2, 0.25) is 0 Å². The molecule has 1 aromatic carbocycles. The van der Waals surface area contributed by atoms with Crippen LogP contribution >= 0.6 is 0 Å². The maximum atomic E-state index is 13.2. The van der Waals surface area contributed by atoms with Gasteiger partial charge in [0.1, 0.15) is 11.5 Å². The lowest BCUT2D eigenvalue weighted by Gasteiger charge is -2.35. The summed E-state index contributed by atoms with van der Waals surface area (Å²) in [6.07, 6.45) is 1.81. The minimum absolute atomic E-state index is 0.0125. The first-order valence-electron chi connectivity index (χ1n) is 11.0. The van der Waals surface area contributed by atoms with Gasteiger partial charge in [-0.15, -0.1) is 0 Å². The van der Waals surface area contributed by atoms with Crippen molar-refractivity contribution in [1.29, 1.82) is 0 Å². The van der Waals surface area contributed by atoms with Gasteiger partial charge >= 0.3 is 0 Å². The average Bonchev–Trinajstić information content (AvgIpc) is 3.26. The van der Waals surface area contributed by atoms with Gasteiger partial charge in [-0.25, -0.2) is 4.98 Å². The zero-order chi connectivity index (χ0) is 21.9. The standard InChI is InChI=1S/C23H27N7O2/c1-27-20(17-19(26-27)18-5-3-2-4-6-18)22(31)29-11-9-28(10-12-29)21-7-8-24-23(25-21)30-13-15-32-16-14-30/h2-8,17H,9-16H2,1H3. The normalized spacial score (nSPS) is 17.0. The van der Waals surface area contributed by atoms with Crippen molar-refractivity contribution in [3.05, 3.63) is 54.4 Å². The molecule has 2 aliphatic heterocycles. The van der Waals surface area contributed by atoms with Crippen molar-refractivity contribution >= 4 is 17.7 Å². The first-order chi connectivity index (χ1) is 15.7. The minimum atomic E-state index is 0.0125. The largest absolute Gasteiger partial charge is 0.378 e. The molecule has 9 nitrogen and oxygen atoms in total. The van der Waals surface area contributed by atoms with Crippen molar-refractivity contribution in [3.8, 4) is 11.3 Å². The number of carbonyl (C=O) groups excluding carboxylic acids is 1. The van der Waals surface area contributed by atoms with Gasteiger partial charge in [0.15, 0.2) is 0 Å². The summed E-state index contributed by atoms with van der Waals surface area (Å²) in [5.41, 5.74) is 2.42. The van der Waals surface area contributed by atoms with E-state index in [2.05, 4.69) is 19.9 Å². The molecule has 2 aromatic heterocycles. The summed E-state index contributed by atoms with van der Waals surface area (Å²) in [6, 6.07) is 13.7. The van der Waals surface area contributed by atoms with Gasteiger partial charge in [0.2, 0.25) is 5.95 Å². The molecule has 5 rings (SSSR count). The highest BCUT2D eigenvalue weighted by atomic mass is 16.5. The Morgan fingerprint density at radius 2 is 1.69 bits per heavy atom. The van der Waals surface area contributed by atoms with E-state index in [-0.39, 0.29) is 5.91 Å². The maximum absolute atomic E-state index is 13.2. The monoisotopic (exact) mass is 433 g/mol. The Balaban J connectivity index is 1.24. The van der Waals surface area contributed by atoms with Crippen LogP contribution in [-0.4, -0.2) is 83.0 Å². The SMILES string of the molecule is Cn1nc(-c2ccccc2)cc1C(=O)N1CCN(c2ccnc(N3CCOCC3)n2)CC1. The van der Waals surface area contributed by atoms with Gasteiger partial charge in [-0.2, -0.15) is 10.1 Å². The van der Waals surface area contributed by atoms with E-state index in [0.29, 0.717) is 32.0 Å². The molecule has 1 amide bonds. The average molecular weight is 434 g/mol. The first-order valence-corrected chi connectivity index (χ1v) is 11.0. The van der Waals surface area contributed by atoms with Crippen molar-refractivity contribution in [3.63, 3.8) is 0 Å². The number of morpholine rings is 1. The van der Waals surface area contributed by atoms with E-state index in [1.807, 2.05) is 60.6 Å². The van der Waals surface area contributed by atoms with Gasteiger partial charge in [0.05, 0.1) is 18.9 Å². The molecule has 9 heteroatoms. The number of aromatic nitrogens is 4. The predicted molar refractivity (Wildman–Crippen MR) is 122 cm³/mol. The summed E-state index contributed by atoms with van der Waals surface area (Å²) in [5.74, 6) is 1.66. The fraction of sp³-hybridized carbons (Fsp3) is 0.391. The van der Waals surface area contributed by atoms with Gasteiger partial charge in [0, 0.05) is 58.1 Å². The molecule has 2 aliphatic rings. The lowest BCUT2D eigenvalue weighted by atomic mass is 10.1. The molecule has 2 saturated heterocycles. The van der Waals surface area contributed by atoms with Gasteiger partial charge in [-0.1, -0.05) is 30.3 Å². The Morgan fingerprint density at radius 1 is 0.938 bits per heavy atom. The van der Waals surface area contributed by atoms with Crippen LogP contribution in [0.3, 0.4) is 0 Å². The zero-order valence-corrected chi connectivity index (χ0v) is 18.2. The summed E-state index contributed by atoms with van der Waals surface area (Å²) in [5, 5.41) is 4.54. The third kappa shape index (κ3) is 4.16. The second kappa shape index (κ2) is 8.96. The van der Waals surface area contributed by atoms with Gasteiger partial charge < -0.3 is 19.4 Å². The number of amides is 1. The highest BCUT2D eigenvalue weighted by molar-refractivity contribution is 5.94. The smallest absolute Gasteiger partial charge is 0.272 e. The molecule has 0 N–H and O–H groups in total. The maximum Gasteiger partial charge on any atom is 0.272 e. The summed E-state index contributed by atoms with van der Waals surface area (Å²) in [7, 11) is 1.82. The fourth-order valence-corrected chi connectivity index (χ4v) is 4.15. The summed E-state index contributed by atoms with van der Waals surface area (Å²) in [4.78, 5) is 28.6. The van der Waals surface area contributed by atoms with Crippen molar-refractivity contribution in [1.82, 2.24) is 24.6 Å². The molecule has 0 atom stereocenters. The minimum Gasteiger partial charge on any atom is -0.378 e. The second-order valence-corrected chi connectivity index (χ2v) is 8.00. The van der Waals surface area contributed by atoms with Crippen molar-refractivity contribution < 1.29 is 9.53 Å². The number of benzene rings is 1. The highest BCUT2D eigenvalue weighted by Gasteiger charge is 2.26. The number of piperazine rings is 1. The Kier molecular flexibility index (Phi) is 5.72. The van der Waals surface area contributed by atoms with Crippen LogP contribution in [0.4, 0.5) is 11.8 Å². The van der Waals surface area contributed by atoms with Crippen LogP contribution < -0.4 is 9.80 Å². The van der Waals surface area contributed by atoms with Gasteiger partial charge in [0.25, 0.3) is 5.91 Å². The van der Waals surface area contributed by atoms with Gasteiger partial charge in [-0.05, 0) is 12.1 Å². The fourth-order valence-electron chi connectivity index (χ4n) is 4.15. The first kappa shape index (κ1) is 20.4. The number of rotatable bonds is 4. The summed E-state index contributed by atoms with van der Waals surface area (Å²) in [6.45, 7) is 5.76. The number of anilines is 2. The van der Waals surface area contributed by atoms with E-state index in [4.69, 9.17) is 9.72 Å². The molecule has 2 fully saturated rings. The number of ether oxygens (including phenoxy) is 1. The molecule has 0 radical (unpaired) electrons. The molecule has 4 heterocycles. The molecule has 0 bridgehead atoms. The van der Waals surface area contributed by atoms with Crippen molar-refractivity contribution in [2.45, 2.75) is 0 Å².